The molecular formula is C20H20F3NO4. The molecule has 1 atom stereocenters. The van der Waals surface area contributed by atoms with Crippen molar-refractivity contribution >= 4 is 5.91 Å². The van der Waals surface area contributed by atoms with Gasteiger partial charge in [-0.15, -0.1) is 13.2 Å². The van der Waals surface area contributed by atoms with Crippen LogP contribution < -0.4 is 14.2 Å². The number of hydrogen-bond acceptors (Lipinski definition) is 4. The highest BCUT2D eigenvalue weighted by molar-refractivity contribution is 5.87. The summed E-state index contributed by atoms with van der Waals surface area (Å²) in [7, 11) is 3.08. The number of rotatable bonds is 6. The van der Waals surface area contributed by atoms with E-state index >= 15 is 0 Å². The lowest BCUT2D eigenvalue weighted by Crippen LogP contribution is -2.26. The van der Waals surface area contributed by atoms with Gasteiger partial charge in [-0.25, -0.2) is 0 Å². The third-order valence-electron chi connectivity index (χ3n) is 4.64. The lowest BCUT2D eigenvalue weighted by Gasteiger charge is -2.19. The topological polar surface area (TPSA) is 48.0 Å². The van der Waals surface area contributed by atoms with E-state index in [1.165, 1.54) is 24.3 Å². The molecule has 1 fully saturated rings. The van der Waals surface area contributed by atoms with Gasteiger partial charge in [0.2, 0.25) is 5.91 Å². The predicted molar refractivity (Wildman–Crippen MR) is 95.4 cm³/mol. The maximum atomic E-state index is 12.9. The van der Waals surface area contributed by atoms with Crippen LogP contribution >= 0.6 is 0 Å². The van der Waals surface area contributed by atoms with Crippen LogP contribution in [-0.2, 0) is 11.3 Å². The molecule has 0 saturated carbocycles. The SMILES string of the molecule is COc1cccc(OC)c1C1CCN(Cc2ccc(OC(F)(F)F)cc2)C1=O. The van der Waals surface area contributed by atoms with Crippen molar-refractivity contribution < 1.29 is 32.2 Å². The van der Waals surface area contributed by atoms with Crippen LogP contribution in [0.4, 0.5) is 13.2 Å². The van der Waals surface area contributed by atoms with E-state index in [1.807, 2.05) is 0 Å². The highest BCUT2D eigenvalue weighted by atomic mass is 19.4. The number of carbonyl (C=O) groups excluding carboxylic acids is 1. The Morgan fingerprint density at radius 2 is 1.64 bits per heavy atom. The Morgan fingerprint density at radius 1 is 1.04 bits per heavy atom. The largest absolute Gasteiger partial charge is 0.573 e. The van der Waals surface area contributed by atoms with Gasteiger partial charge in [-0.3, -0.25) is 4.79 Å². The van der Waals surface area contributed by atoms with Crippen LogP contribution in [0.1, 0.15) is 23.5 Å². The molecule has 8 heteroatoms. The molecule has 1 aliphatic rings. The second-order valence-corrected chi connectivity index (χ2v) is 6.37. The zero-order valence-electron chi connectivity index (χ0n) is 15.5. The van der Waals surface area contributed by atoms with E-state index in [2.05, 4.69) is 4.74 Å². The molecule has 1 amide bonds. The highest BCUT2D eigenvalue weighted by Crippen LogP contribution is 2.40. The van der Waals surface area contributed by atoms with E-state index < -0.39 is 6.36 Å². The van der Waals surface area contributed by atoms with Gasteiger partial charge in [0.1, 0.15) is 17.2 Å². The first-order chi connectivity index (χ1) is 13.3. The first-order valence-electron chi connectivity index (χ1n) is 8.66. The Kier molecular flexibility index (Phi) is 5.67. The Bertz CT molecular complexity index is 814. The molecule has 0 spiro atoms. The third kappa shape index (κ3) is 4.32. The zero-order chi connectivity index (χ0) is 20.3. The molecule has 150 valence electrons. The van der Waals surface area contributed by atoms with Crippen LogP contribution in [0.3, 0.4) is 0 Å². The van der Waals surface area contributed by atoms with Gasteiger partial charge < -0.3 is 19.1 Å². The molecule has 1 unspecified atom stereocenters. The van der Waals surface area contributed by atoms with Crippen molar-refractivity contribution in [3.05, 3.63) is 53.6 Å². The summed E-state index contributed by atoms with van der Waals surface area (Å²) in [6.07, 6.45) is -4.13. The Morgan fingerprint density at radius 3 is 2.18 bits per heavy atom. The van der Waals surface area contributed by atoms with Crippen molar-refractivity contribution in [2.24, 2.45) is 0 Å². The van der Waals surface area contributed by atoms with Crippen LogP contribution in [0.25, 0.3) is 0 Å². The number of alkyl halides is 3. The molecule has 0 bridgehead atoms. The smallest absolute Gasteiger partial charge is 0.496 e. The summed E-state index contributed by atoms with van der Waals surface area (Å²) >= 11 is 0. The van der Waals surface area contributed by atoms with Crippen LogP contribution in [0.5, 0.6) is 17.2 Å². The molecule has 2 aromatic rings. The fraction of sp³-hybridized carbons (Fsp3) is 0.350. The monoisotopic (exact) mass is 395 g/mol. The van der Waals surface area contributed by atoms with Crippen molar-refractivity contribution in [1.29, 1.82) is 0 Å². The lowest BCUT2D eigenvalue weighted by molar-refractivity contribution is -0.274. The molecule has 0 aliphatic carbocycles. The van der Waals surface area contributed by atoms with Crippen molar-refractivity contribution in [1.82, 2.24) is 4.90 Å². The average Bonchev–Trinajstić information content (AvgIpc) is 3.01. The Hall–Kier alpha value is -2.90. The molecule has 3 rings (SSSR count). The summed E-state index contributed by atoms with van der Waals surface area (Å²) in [4.78, 5) is 14.6. The summed E-state index contributed by atoms with van der Waals surface area (Å²) in [6.45, 7) is 0.838. The zero-order valence-corrected chi connectivity index (χ0v) is 15.5. The van der Waals surface area contributed by atoms with Crippen LogP contribution in [0.15, 0.2) is 42.5 Å². The van der Waals surface area contributed by atoms with Crippen LogP contribution in [0, 0.1) is 0 Å². The number of ether oxygens (including phenoxy) is 3. The van der Waals surface area contributed by atoms with Gasteiger partial charge in [-0.2, -0.15) is 0 Å². The maximum absolute atomic E-state index is 12.9. The van der Waals surface area contributed by atoms with Gasteiger partial charge in [0.25, 0.3) is 0 Å². The minimum absolute atomic E-state index is 0.0709. The number of nitrogens with zero attached hydrogens (tertiary/aromatic N) is 1. The standard InChI is InChI=1S/C20H20F3NO4/c1-26-16-4-3-5-17(27-2)18(16)15-10-11-24(19(15)25)12-13-6-8-14(9-7-13)28-20(21,22)23/h3-9,15H,10-12H2,1-2H3. The van der Waals surface area contributed by atoms with E-state index in [0.29, 0.717) is 36.6 Å². The molecule has 2 aromatic carbocycles. The minimum atomic E-state index is -4.73. The van der Waals surface area contributed by atoms with Gasteiger partial charge in [-0.1, -0.05) is 18.2 Å². The number of amides is 1. The summed E-state index contributed by atoms with van der Waals surface area (Å²) in [5, 5.41) is 0. The number of benzene rings is 2. The van der Waals surface area contributed by atoms with Gasteiger partial charge >= 0.3 is 6.36 Å². The predicted octanol–water partition coefficient (Wildman–Crippen LogP) is 4.12. The number of methoxy groups -OCH3 is 2. The second-order valence-electron chi connectivity index (χ2n) is 6.37. The van der Waals surface area contributed by atoms with E-state index in [9.17, 15) is 18.0 Å². The van der Waals surface area contributed by atoms with Crippen LogP contribution in [0.2, 0.25) is 0 Å². The van der Waals surface area contributed by atoms with Gasteiger partial charge in [0.15, 0.2) is 0 Å². The van der Waals surface area contributed by atoms with E-state index in [0.717, 1.165) is 5.56 Å². The number of halogens is 3. The normalized spacial score (nSPS) is 17.0. The Balaban J connectivity index is 1.73. The average molecular weight is 395 g/mol. The molecule has 0 aromatic heterocycles. The highest BCUT2D eigenvalue weighted by Gasteiger charge is 2.36. The quantitative estimate of drug-likeness (QED) is 0.738. The third-order valence-corrected chi connectivity index (χ3v) is 4.64. The lowest BCUT2D eigenvalue weighted by atomic mass is 9.95. The minimum Gasteiger partial charge on any atom is -0.496 e. The number of hydrogen-bond donors (Lipinski definition) is 0. The molecule has 5 nitrogen and oxygen atoms in total. The first-order valence-corrected chi connectivity index (χ1v) is 8.66. The fourth-order valence-electron chi connectivity index (χ4n) is 3.40. The van der Waals surface area contributed by atoms with E-state index in [1.54, 1.807) is 37.3 Å². The summed E-state index contributed by atoms with van der Waals surface area (Å²) < 4.78 is 51.4. The molecule has 0 N–H and O–H groups in total. The van der Waals surface area contributed by atoms with Gasteiger partial charge in [-0.05, 0) is 36.2 Å². The summed E-state index contributed by atoms with van der Waals surface area (Å²) in [6, 6.07) is 10.9. The van der Waals surface area contributed by atoms with E-state index in [4.69, 9.17) is 9.47 Å². The fourth-order valence-corrected chi connectivity index (χ4v) is 3.40. The number of carbonyl (C=O) groups is 1. The molecule has 1 aliphatic heterocycles. The van der Waals surface area contributed by atoms with E-state index in [-0.39, 0.29) is 17.6 Å². The van der Waals surface area contributed by atoms with Crippen molar-refractivity contribution in [2.75, 3.05) is 20.8 Å². The molecule has 0 radical (unpaired) electrons. The van der Waals surface area contributed by atoms with Gasteiger partial charge in [0.05, 0.1) is 20.1 Å². The number of likely N-dealkylation sites (tertiary alicyclic amines) is 1. The second kappa shape index (κ2) is 8.00. The van der Waals surface area contributed by atoms with Crippen molar-refractivity contribution in [2.45, 2.75) is 25.2 Å². The van der Waals surface area contributed by atoms with Gasteiger partial charge in [0, 0.05) is 18.7 Å². The van der Waals surface area contributed by atoms with Crippen molar-refractivity contribution in [3.63, 3.8) is 0 Å². The maximum Gasteiger partial charge on any atom is 0.573 e. The first kappa shape index (κ1) is 19.9. The summed E-state index contributed by atoms with van der Waals surface area (Å²) in [5.41, 5.74) is 1.43. The molecule has 1 saturated heterocycles. The molecule has 1 heterocycles. The Labute approximate surface area is 160 Å². The molecular weight excluding hydrogens is 375 g/mol. The summed E-state index contributed by atoms with van der Waals surface area (Å²) in [5.74, 6) is 0.430. The van der Waals surface area contributed by atoms with Crippen LogP contribution in [-0.4, -0.2) is 37.9 Å². The van der Waals surface area contributed by atoms with Crippen molar-refractivity contribution in [3.8, 4) is 17.2 Å². The molecule has 28 heavy (non-hydrogen) atoms.